The molecule has 8 nitrogen and oxygen atoms in total. The first-order chi connectivity index (χ1) is 16.9. The Kier molecular flexibility index (Phi) is 19.2. The number of benzene rings is 2. The average molecular weight is 482 g/mol. The van der Waals surface area contributed by atoms with E-state index < -0.39 is 5.97 Å². The minimum Gasteiger partial charge on any atom is -0.494 e. The molecular weight excluding hydrogens is 446 g/mol. The van der Waals surface area contributed by atoms with E-state index in [9.17, 15) is 9.90 Å². The third kappa shape index (κ3) is 12.6. The van der Waals surface area contributed by atoms with Gasteiger partial charge in [-0.25, -0.2) is 0 Å². The molecule has 35 heavy (non-hydrogen) atoms. The van der Waals surface area contributed by atoms with E-state index in [1.165, 1.54) is 6.92 Å². The fraction of sp³-hybridized carbons (Fsp3) is 0.259. The zero-order valence-corrected chi connectivity index (χ0v) is 21.0. The minimum atomic E-state index is -0.745. The SMILES string of the molecule is C=O.CC.CC=O.CCC(=O)O.Cc1cccc(N=Cc2c(O)[nH]c3cccc(C#CCN)c23)c1. The first-order valence-electron chi connectivity index (χ1n) is 10.9. The molecule has 0 unspecified atom stereocenters. The predicted octanol–water partition coefficient (Wildman–Crippen LogP) is 4.77. The highest BCUT2D eigenvalue weighted by atomic mass is 16.4. The van der Waals surface area contributed by atoms with Crippen LogP contribution in [-0.4, -0.2) is 47.0 Å². The van der Waals surface area contributed by atoms with E-state index in [1.807, 2.05) is 70.0 Å². The summed E-state index contributed by atoms with van der Waals surface area (Å²) in [5.41, 5.74) is 9.69. The summed E-state index contributed by atoms with van der Waals surface area (Å²) in [6, 6.07) is 13.6. The van der Waals surface area contributed by atoms with Gasteiger partial charge in [-0.15, -0.1) is 0 Å². The molecule has 0 saturated carbocycles. The van der Waals surface area contributed by atoms with Crippen molar-refractivity contribution in [2.24, 2.45) is 10.7 Å². The smallest absolute Gasteiger partial charge is 0.303 e. The largest absolute Gasteiger partial charge is 0.494 e. The zero-order valence-electron chi connectivity index (χ0n) is 21.0. The first kappa shape index (κ1) is 33.0. The first-order valence-corrected chi connectivity index (χ1v) is 10.9. The highest BCUT2D eigenvalue weighted by Gasteiger charge is 2.11. The number of aromatic nitrogens is 1. The molecule has 188 valence electrons. The quantitative estimate of drug-likeness (QED) is 0.241. The summed E-state index contributed by atoms with van der Waals surface area (Å²) in [7, 11) is 0. The Morgan fingerprint density at radius 1 is 1.20 bits per heavy atom. The van der Waals surface area contributed by atoms with Gasteiger partial charge in [-0.05, 0) is 43.7 Å². The van der Waals surface area contributed by atoms with Gasteiger partial charge < -0.3 is 30.5 Å². The molecule has 0 aliphatic heterocycles. The van der Waals surface area contributed by atoms with Crippen LogP contribution in [0.4, 0.5) is 5.69 Å². The topological polar surface area (TPSA) is 146 Å². The number of hydrogen-bond donors (Lipinski definition) is 4. The van der Waals surface area contributed by atoms with E-state index in [0.717, 1.165) is 34.0 Å². The molecule has 0 spiro atoms. The lowest BCUT2D eigenvalue weighted by Gasteiger charge is -1.98. The number of aryl methyl sites for hydroxylation is 1. The summed E-state index contributed by atoms with van der Waals surface area (Å²) < 4.78 is 0. The van der Waals surface area contributed by atoms with Gasteiger partial charge in [-0.3, -0.25) is 9.79 Å². The third-order valence-corrected chi connectivity index (χ3v) is 3.81. The van der Waals surface area contributed by atoms with E-state index in [0.29, 0.717) is 12.1 Å². The number of fused-ring (bicyclic) bond motifs is 1. The van der Waals surface area contributed by atoms with E-state index in [-0.39, 0.29) is 12.3 Å². The Hall–Kier alpha value is -4.22. The van der Waals surface area contributed by atoms with Crippen molar-refractivity contribution >= 4 is 41.8 Å². The Morgan fingerprint density at radius 2 is 1.77 bits per heavy atom. The maximum Gasteiger partial charge on any atom is 0.303 e. The number of hydrogen-bond acceptors (Lipinski definition) is 6. The number of rotatable bonds is 3. The number of aliphatic imine (C=N–C) groups is 1. The fourth-order valence-electron chi connectivity index (χ4n) is 2.48. The lowest BCUT2D eigenvalue weighted by atomic mass is 10.1. The standard InChI is InChI=1S/C19H17N3O.C3H6O2.C2H4O.C2H6.CH2O/c1-13-5-2-8-15(11-13)21-12-16-18-14(7-4-10-20)6-3-9-17(18)22-19(16)23;1-2-3(4)5;1-2-3;2*1-2/h2-3,5-6,8-9,11-12,22-23H,10,20H2,1H3;2H2,1H3,(H,4,5);2H,1H3;1-2H3;1H2. The van der Waals surface area contributed by atoms with E-state index >= 15 is 0 Å². The normalized spacial score (nSPS) is 8.86. The number of carboxylic acids is 1. The van der Waals surface area contributed by atoms with E-state index in [4.69, 9.17) is 20.4 Å². The number of carboxylic acid groups (broad SMARTS) is 1. The molecule has 0 aliphatic rings. The monoisotopic (exact) mass is 481 g/mol. The van der Waals surface area contributed by atoms with Crippen molar-refractivity contribution < 1.29 is 24.6 Å². The molecule has 1 aromatic heterocycles. The van der Waals surface area contributed by atoms with Gasteiger partial charge >= 0.3 is 5.97 Å². The molecule has 1 heterocycles. The summed E-state index contributed by atoms with van der Waals surface area (Å²) in [5.74, 6) is 5.23. The summed E-state index contributed by atoms with van der Waals surface area (Å²) in [6.07, 6.45) is 2.64. The van der Waals surface area contributed by atoms with Crippen LogP contribution < -0.4 is 5.73 Å². The number of nitrogens with two attached hydrogens (primary N) is 1. The number of nitrogens with zero attached hydrogens (tertiary/aromatic N) is 1. The van der Waals surface area contributed by atoms with Gasteiger partial charge in [0.25, 0.3) is 0 Å². The van der Waals surface area contributed by atoms with Crippen molar-refractivity contribution in [3.05, 3.63) is 59.2 Å². The number of H-pyrrole nitrogens is 1. The molecule has 0 fully saturated rings. The number of carbonyl (C=O) groups is 3. The minimum absolute atomic E-state index is 0.0819. The van der Waals surface area contributed by atoms with Crippen LogP contribution in [0.3, 0.4) is 0 Å². The van der Waals surface area contributed by atoms with Crippen LogP contribution in [0, 0.1) is 18.8 Å². The molecule has 0 atom stereocenters. The molecule has 8 heteroatoms. The van der Waals surface area contributed by atoms with Gasteiger partial charge in [0.2, 0.25) is 0 Å². The van der Waals surface area contributed by atoms with Gasteiger partial charge in [0.1, 0.15) is 13.1 Å². The molecule has 0 radical (unpaired) electrons. The van der Waals surface area contributed by atoms with E-state index in [2.05, 4.69) is 21.8 Å². The predicted molar refractivity (Wildman–Crippen MR) is 142 cm³/mol. The van der Waals surface area contributed by atoms with Crippen molar-refractivity contribution in [1.29, 1.82) is 0 Å². The summed E-state index contributed by atoms with van der Waals surface area (Å²) >= 11 is 0. The number of aromatic hydroxyl groups is 1. The molecule has 0 saturated heterocycles. The van der Waals surface area contributed by atoms with Gasteiger partial charge in [0, 0.05) is 23.6 Å². The second-order valence-corrected chi connectivity index (χ2v) is 6.20. The molecule has 3 rings (SSSR count). The molecule has 2 aromatic carbocycles. The fourth-order valence-corrected chi connectivity index (χ4v) is 2.48. The zero-order chi connectivity index (χ0) is 27.2. The number of aldehydes is 1. The summed E-state index contributed by atoms with van der Waals surface area (Å²) in [5, 5.41) is 18.8. The maximum absolute atomic E-state index is 10.2. The van der Waals surface area contributed by atoms with Crippen molar-refractivity contribution in [3.8, 4) is 17.7 Å². The van der Waals surface area contributed by atoms with Crippen LogP contribution in [0.2, 0.25) is 0 Å². The molecule has 5 N–H and O–H groups in total. The average Bonchev–Trinajstić information content (AvgIpc) is 3.20. The molecule has 3 aromatic rings. The number of nitrogens with one attached hydrogen (secondary N) is 1. The Bertz CT molecular complexity index is 1120. The second-order valence-electron chi connectivity index (χ2n) is 6.20. The molecule has 0 bridgehead atoms. The van der Waals surface area contributed by atoms with Crippen molar-refractivity contribution in [2.75, 3.05) is 6.54 Å². The molecule has 0 amide bonds. The number of aliphatic carboxylic acids is 1. The van der Waals surface area contributed by atoms with Crippen LogP contribution in [-0.2, 0) is 14.4 Å². The Morgan fingerprint density at radius 3 is 2.29 bits per heavy atom. The molecule has 0 aliphatic carbocycles. The van der Waals surface area contributed by atoms with Crippen LogP contribution in [0.15, 0.2) is 47.5 Å². The maximum atomic E-state index is 10.2. The van der Waals surface area contributed by atoms with E-state index in [1.54, 1.807) is 13.1 Å². The van der Waals surface area contributed by atoms with Gasteiger partial charge in [-0.2, -0.15) is 0 Å². The van der Waals surface area contributed by atoms with Crippen molar-refractivity contribution in [1.82, 2.24) is 4.98 Å². The number of carbonyl (C=O) groups excluding carboxylic acids is 2. The van der Waals surface area contributed by atoms with Crippen molar-refractivity contribution in [3.63, 3.8) is 0 Å². The van der Waals surface area contributed by atoms with Gasteiger partial charge in [0.15, 0.2) is 5.88 Å². The highest BCUT2D eigenvalue weighted by molar-refractivity contribution is 6.05. The van der Waals surface area contributed by atoms with Crippen LogP contribution in [0.25, 0.3) is 10.9 Å². The van der Waals surface area contributed by atoms with Crippen LogP contribution >= 0.6 is 0 Å². The molecular formula is C27H35N3O5. The van der Waals surface area contributed by atoms with Gasteiger partial charge in [0.05, 0.1) is 23.3 Å². The lowest BCUT2D eigenvalue weighted by molar-refractivity contribution is -0.136. The van der Waals surface area contributed by atoms with Gasteiger partial charge in [-0.1, -0.05) is 50.8 Å². The Balaban J connectivity index is 0. The van der Waals surface area contributed by atoms with Crippen molar-refractivity contribution in [2.45, 2.75) is 41.0 Å². The lowest BCUT2D eigenvalue weighted by Crippen LogP contribution is -1.93. The summed E-state index contributed by atoms with van der Waals surface area (Å²) in [6.45, 7) is 11.4. The second kappa shape index (κ2) is 20.4. The highest BCUT2D eigenvalue weighted by Crippen LogP contribution is 2.29. The summed E-state index contributed by atoms with van der Waals surface area (Å²) in [4.78, 5) is 33.6. The van der Waals surface area contributed by atoms with Crippen LogP contribution in [0.1, 0.15) is 50.8 Å². The van der Waals surface area contributed by atoms with Crippen LogP contribution in [0.5, 0.6) is 5.88 Å². The Labute approximate surface area is 206 Å². The third-order valence-electron chi connectivity index (χ3n) is 3.81. The number of aromatic amines is 1.